The lowest BCUT2D eigenvalue weighted by Gasteiger charge is -2.10. The summed E-state index contributed by atoms with van der Waals surface area (Å²) < 4.78 is 7.09. The largest absolute Gasteiger partial charge is 0.457 e. The monoisotopic (exact) mass is 264 g/mol. The molecule has 2 rings (SSSR count). The fourth-order valence-corrected chi connectivity index (χ4v) is 1.81. The second-order valence-electron chi connectivity index (χ2n) is 3.79. The highest BCUT2D eigenvalue weighted by Crippen LogP contribution is 2.19. The van der Waals surface area contributed by atoms with Crippen LogP contribution in [-0.2, 0) is 0 Å². The van der Waals surface area contributed by atoms with Gasteiger partial charge in [0, 0.05) is 18.0 Å². The van der Waals surface area contributed by atoms with E-state index in [0.29, 0.717) is 22.8 Å². The van der Waals surface area contributed by atoms with Crippen LogP contribution < -0.4 is 10.3 Å². The number of ether oxygens (including phenoxy) is 1. The van der Waals surface area contributed by atoms with Gasteiger partial charge in [0.05, 0.1) is 5.88 Å². The molecule has 2 heterocycles. The third kappa shape index (κ3) is 2.38. The maximum Gasteiger partial charge on any atom is 0.258 e. The maximum absolute atomic E-state index is 11.8. The van der Waals surface area contributed by atoms with Crippen LogP contribution >= 0.6 is 11.6 Å². The van der Waals surface area contributed by atoms with Gasteiger partial charge in [0.2, 0.25) is 0 Å². The molecule has 0 saturated heterocycles. The van der Waals surface area contributed by atoms with Gasteiger partial charge in [-0.2, -0.15) is 0 Å². The summed E-state index contributed by atoms with van der Waals surface area (Å²) in [6.07, 6.45) is 3.44. The minimum atomic E-state index is -0.129. The third-order valence-corrected chi connectivity index (χ3v) is 2.74. The van der Waals surface area contributed by atoms with Gasteiger partial charge >= 0.3 is 0 Å². The Morgan fingerprint density at radius 1 is 1.61 bits per heavy atom. The Labute approximate surface area is 109 Å². The van der Waals surface area contributed by atoms with Crippen LogP contribution in [0.15, 0.2) is 41.0 Å². The highest BCUT2D eigenvalue weighted by molar-refractivity contribution is 6.19. The van der Waals surface area contributed by atoms with Crippen LogP contribution in [0.4, 0.5) is 0 Å². The van der Waals surface area contributed by atoms with Crippen molar-refractivity contribution in [3.05, 3.63) is 52.3 Å². The number of aryl methyl sites for hydroxylation is 1. The number of halogens is 1. The Morgan fingerprint density at radius 2 is 2.39 bits per heavy atom. The molecule has 0 fully saturated rings. The van der Waals surface area contributed by atoms with Crippen LogP contribution in [0, 0.1) is 6.92 Å². The molecule has 0 N–H and O–H groups in total. The smallest absolute Gasteiger partial charge is 0.258 e. The summed E-state index contributed by atoms with van der Waals surface area (Å²) in [5.74, 6) is 1.42. The summed E-state index contributed by atoms with van der Waals surface area (Å²) in [6.45, 7) is 3.62. The molecule has 0 bridgehead atoms. The van der Waals surface area contributed by atoms with Gasteiger partial charge in [0.25, 0.3) is 5.56 Å². The van der Waals surface area contributed by atoms with Crippen molar-refractivity contribution in [1.29, 1.82) is 0 Å². The number of nitrogens with zero attached hydrogens (tertiary/aromatic N) is 2. The lowest BCUT2D eigenvalue weighted by atomic mass is 10.3. The Hall–Kier alpha value is -1.81. The predicted molar refractivity (Wildman–Crippen MR) is 71.3 cm³/mol. The van der Waals surface area contributed by atoms with E-state index in [1.54, 1.807) is 31.3 Å². The first-order chi connectivity index (χ1) is 8.65. The van der Waals surface area contributed by atoms with Crippen molar-refractivity contribution in [2.75, 3.05) is 5.88 Å². The van der Waals surface area contributed by atoms with Crippen LogP contribution in [0.25, 0.3) is 5.65 Å². The zero-order chi connectivity index (χ0) is 13.1. The number of rotatable bonds is 3. The van der Waals surface area contributed by atoms with Crippen molar-refractivity contribution in [2.24, 2.45) is 0 Å². The molecular formula is C13H13ClN2O2. The van der Waals surface area contributed by atoms with Crippen molar-refractivity contribution in [2.45, 2.75) is 13.8 Å². The molecule has 0 spiro atoms. The normalized spacial score (nSPS) is 11.8. The topological polar surface area (TPSA) is 43.6 Å². The predicted octanol–water partition coefficient (Wildman–Crippen LogP) is 2.52. The molecule has 0 aromatic carbocycles. The Morgan fingerprint density at radius 3 is 3.06 bits per heavy atom. The summed E-state index contributed by atoms with van der Waals surface area (Å²) >= 11 is 5.75. The molecule has 0 amide bonds. The van der Waals surface area contributed by atoms with E-state index in [1.807, 2.05) is 6.92 Å². The van der Waals surface area contributed by atoms with Crippen molar-refractivity contribution in [1.82, 2.24) is 9.38 Å². The number of hydrogen-bond donors (Lipinski definition) is 0. The van der Waals surface area contributed by atoms with Crippen LogP contribution in [-0.4, -0.2) is 15.3 Å². The molecule has 0 atom stereocenters. The summed E-state index contributed by atoms with van der Waals surface area (Å²) in [7, 11) is 0. The minimum Gasteiger partial charge on any atom is -0.457 e. The molecule has 2 aromatic heterocycles. The molecule has 18 heavy (non-hydrogen) atoms. The third-order valence-electron chi connectivity index (χ3n) is 2.48. The number of fused-ring (bicyclic) bond motifs is 1. The molecule has 0 radical (unpaired) electrons. The van der Waals surface area contributed by atoms with Gasteiger partial charge in [0.15, 0.2) is 11.4 Å². The summed E-state index contributed by atoms with van der Waals surface area (Å²) in [5, 5.41) is 0. The average molecular weight is 265 g/mol. The first kappa shape index (κ1) is 12.6. The number of pyridine rings is 1. The van der Waals surface area contributed by atoms with Crippen LogP contribution in [0.2, 0.25) is 0 Å². The lowest BCUT2D eigenvalue weighted by Crippen LogP contribution is -2.15. The lowest BCUT2D eigenvalue weighted by molar-refractivity contribution is 0.430. The molecule has 0 aliphatic heterocycles. The number of hydrogen-bond acceptors (Lipinski definition) is 3. The van der Waals surface area contributed by atoms with E-state index in [9.17, 15) is 4.79 Å². The van der Waals surface area contributed by atoms with Gasteiger partial charge in [-0.15, -0.1) is 11.6 Å². The van der Waals surface area contributed by atoms with E-state index in [-0.39, 0.29) is 11.4 Å². The van der Waals surface area contributed by atoms with E-state index in [0.717, 1.165) is 0 Å². The van der Waals surface area contributed by atoms with Crippen molar-refractivity contribution in [3.63, 3.8) is 0 Å². The van der Waals surface area contributed by atoms with Gasteiger partial charge in [-0.25, -0.2) is 4.98 Å². The molecule has 0 aliphatic carbocycles. The van der Waals surface area contributed by atoms with Gasteiger partial charge < -0.3 is 4.74 Å². The highest BCUT2D eigenvalue weighted by Gasteiger charge is 2.07. The zero-order valence-corrected chi connectivity index (χ0v) is 10.9. The van der Waals surface area contributed by atoms with Gasteiger partial charge in [-0.05, 0) is 32.1 Å². The molecular weight excluding hydrogens is 252 g/mol. The fraction of sp³-hybridized carbons (Fsp3) is 0.231. The molecule has 0 saturated carbocycles. The van der Waals surface area contributed by atoms with Gasteiger partial charge in [-0.1, -0.05) is 0 Å². The maximum atomic E-state index is 11.8. The van der Waals surface area contributed by atoms with Crippen molar-refractivity contribution >= 4 is 17.2 Å². The van der Waals surface area contributed by atoms with Gasteiger partial charge in [0.1, 0.15) is 5.76 Å². The van der Waals surface area contributed by atoms with Crippen LogP contribution in [0.5, 0.6) is 5.75 Å². The van der Waals surface area contributed by atoms with E-state index in [1.165, 1.54) is 10.5 Å². The second kappa shape index (κ2) is 5.23. The van der Waals surface area contributed by atoms with Gasteiger partial charge in [-0.3, -0.25) is 9.20 Å². The first-order valence-electron chi connectivity index (χ1n) is 5.53. The quantitative estimate of drug-likeness (QED) is 0.632. The highest BCUT2D eigenvalue weighted by atomic mass is 35.5. The summed E-state index contributed by atoms with van der Waals surface area (Å²) in [5.41, 5.74) is 1.02. The first-order valence-corrected chi connectivity index (χ1v) is 6.07. The van der Waals surface area contributed by atoms with E-state index < -0.39 is 0 Å². The summed E-state index contributed by atoms with van der Waals surface area (Å²) in [4.78, 5) is 16.1. The molecule has 4 nitrogen and oxygen atoms in total. The standard InChI is InChI=1S/C13H13ClN2O2/c1-3-10(8-14)18-11-5-4-6-16-12(17)7-9(2)15-13(11)16/h3-7H,8H2,1-2H3. The Balaban J connectivity index is 2.61. The van der Waals surface area contributed by atoms with E-state index >= 15 is 0 Å². The molecule has 94 valence electrons. The van der Waals surface area contributed by atoms with Crippen molar-refractivity contribution < 1.29 is 4.74 Å². The van der Waals surface area contributed by atoms with E-state index in [4.69, 9.17) is 16.3 Å². The number of allylic oxidation sites excluding steroid dienone is 2. The zero-order valence-electron chi connectivity index (χ0n) is 10.2. The molecule has 0 aliphatic rings. The summed E-state index contributed by atoms with van der Waals surface area (Å²) in [6, 6.07) is 4.98. The van der Waals surface area contributed by atoms with E-state index in [2.05, 4.69) is 4.98 Å². The fourth-order valence-electron chi connectivity index (χ4n) is 1.60. The Bertz CT molecular complexity index is 662. The molecule has 2 aromatic rings. The SMILES string of the molecule is CC=C(CCl)Oc1cccn2c(=O)cc(C)nc12. The Kier molecular flexibility index (Phi) is 3.67. The van der Waals surface area contributed by atoms with Crippen molar-refractivity contribution in [3.8, 4) is 5.75 Å². The molecule has 5 heteroatoms. The number of alkyl halides is 1. The van der Waals surface area contributed by atoms with Crippen LogP contribution in [0.3, 0.4) is 0 Å². The average Bonchev–Trinajstić information content (AvgIpc) is 2.36. The number of aromatic nitrogens is 2. The minimum absolute atomic E-state index is 0.129. The molecule has 0 unspecified atom stereocenters. The van der Waals surface area contributed by atoms with Crippen LogP contribution in [0.1, 0.15) is 12.6 Å². The second-order valence-corrected chi connectivity index (χ2v) is 4.06.